The molecule has 0 heterocycles. The average molecular weight is 287 g/mol. The van der Waals surface area contributed by atoms with Gasteiger partial charge in [0.05, 0.1) is 12.0 Å². The first-order valence-corrected chi connectivity index (χ1v) is 7.00. The van der Waals surface area contributed by atoms with Gasteiger partial charge in [-0.15, -0.1) is 0 Å². The summed E-state index contributed by atoms with van der Waals surface area (Å²) < 4.78 is 31.4. The molecule has 19 heavy (non-hydrogen) atoms. The standard InChI is InChI=1S/C11H17N3O4S/c1-8(7-11(12)13-15)14-19(16,17)10-5-3-9(18-2)4-6-10/h3-6,8,14-15H,7H2,1-2H3,(H2,12,13). The Kier molecular flexibility index (Phi) is 5.13. The number of rotatable bonds is 6. The zero-order chi connectivity index (χ0) is 14.5. The second-order valence-corrected chi connectivity index (χ2v) is 5.71. The van der Waals surface area contributed by atoms with Crippen molar-refractivity contribution >= 4 is 15.9 Å². The van der Waals surface area contributed by atoms with Crippen LogP contribution < -0.4 is 15.2 Å². The molecule has 4 N–H and O–H groups in total. The Morgan fingerprint density at radius 3 is 2.53 bits per heavy atom. The predicted octanol–water partition coefficient (Wildman–Crippen LogP) is 0.499. The van der Waals surface area contributed by atoms with Gasteiger partial charge in [-0.25, -0.2) is 13.1 Å². The van der Waals surface area contributed by atoms with Gasteiger partial charge >= 0.3 is 0 Å². The SMILES string of the molecule is COc1ccc(S(=O)(=O)NC(C)CC(N)=NO)cc1. The van der Waals surface area contributed by atoms with Crippen molar-refractivity contribution in [3.8, 4) is 5.75 Å². The molecule has 8 heteroatoms. The lowest BCUT2D eigenvalue weighted by atomic mass is 10.2. The number of methoxy groups -OCH3 is 1. The first kappa shape index (κ1) is 15.3. The van der Waals surface area contributed by atoms with Crippen LogP contribution >= 0.6 is 0 Å². The molecule has 1 aromatic rings. The largest absolute Gasteiger partial charge is 0.497 e. The molecule has 0 spiro atoms. The van der Waals surface area contributed by atoms with Crippen molar-refractivity contribution in [2.45, 2.75) is 24.3 Å². The fourth-order valence-electron chi connectivity index (χ4n) is 1.48. The van der Waals surface area contributed by atoms with E-state index in [9.17, 15) is 8.42 Å². The number of hydrogen-bond acceptors (Lipinski definition) is 5. The lowest BCUT2D eigenvalue weighted by molar-refractivity contribution is 0.316. The van der Waals surface area contributed by atoms with Crippen LogP contribution in [0.15, 0.2) is 34.3 Å². The van der Waals surface area contributed by atoms with Crippen LogP contribution in [0.5, 0.6) is 5.75 Å². The van der Waals surface area contributed by atoms with Crippen molar-refractivity contribution in [2.24, 2.45) is 10.9 Å². The Balaban J connectivity index is 2.80. The van der Waals surface area contributed by atoms with E-state index in [1.54, 1.807) is 19.1 Å². The van der Waals surface area contributed by atoms with E-state index in [0.29, 0.717) is 5.75 Å². The Labute approximate surface area is 112 Å². The van der Waals surface area contributed by atoms with Crippen molar-refractivity contribution in [2.75, 3.05) is 7.11 Å². The van der Waals surface area contributed by atoms with Crippen molar-refractivity contribution < 1.29 is 18.4 Å². The fraction of sp³-hybridized carbons (Fsp3) is 0.364. The van der Waals surface area contributed by atoms with Crippen LogP contribution in [0.2, 0.25) is 0 Å². The van der Waals surface area contributed by atoms with Gasteiger partial charge < -0.3 is 15.7 Å². The minimum atomic E-state index is -3.64. The van der Waals surface area contributed by atoms with Crippen LogP contribution in [0.3, 0.4) is 0 Å². The molecule has 1 aromatic carbocycles. The molecule has 0 amide bonds. The minimum absolute atomic E-state index is 0.0371. The summed E-state index contributed by atoms with van der Waals surface area (Å²) >= 11 is 0. The summed E-state index contributed by atoms with van der Waals surface area (Å²) in [6, 6.07) is 5.52. The van der Waals surface area contributed by atoms with E-state index in [1.807, 2.05) is 0 Å². The zero-order valence-electron chi connectivity index (χ0n) is 10.7. The van der Waals surface area contributed by atoms with Crippen molar-refractivity contribution in [3.63, 3.8) is 0 Å². The van der Waals surface area contributed by atoms with E-state index < -0.39 is 16.1 Å². The van der Waals surface area contributed by atoms with Gasteiger partial charge in [0.15, 0.2) is 0 Å². The molecule has 0 saturated heterocycles. The van der Waals surface area contributed by atoms with E-state index in [-0.39, 0.29) is 17.2 Å². The van der Waals surface area contributed by atoms with Gasteiger partial charge in [-0.2, -0.15) is 0 Å². The summed E-state index contributed by atoms with van der Waals surface area (Å²) in [4.78, 5) is 0.125. The van der Waals surface area contributed by atoms with E-state index in [2.05, 4.69) is 9.88 Å². The lowest BCUT2D eigenvalue weighted by Crippen LogP contribution is -2.35. The second kappa shape index (κ2) is 6.39. The molecule has 0 saturated carbocycles. The Hall–Kier alpha value is -1.80. The molecule has 106 valence electrons. The number of ether oxygens (including phenoxy) is 1. The van der Waals surface area contributed by atoms with Gasteiger partial charge in [-0.1, -0.05) is 5.16 Å². The molecule has 1 rings (SSSR count). The quantitative estimate of drug-likeness (QED) is 0.305. The first-order valence-electron chi connectivity index (χ1n) is 5.52. The number of amidine groups is 1. The summed E-state index contributed by atoms with van der Waals surface area (Å²) in [7, 11) is -2.14. The Morgan fingerprint density at radius 1 is 1.47 bits per heavy atom. The topological polar surface area (TPSA) is 114 Å². The number of hydrogen-bond donors (Lipinski definition) is 3. The van der Waals surface area contributed by atoms with Crippen LogP contribution in [0.4, 0.5) is 0 Å². The van der Waals surface area contributed by atoms with Gasteiger partial charge in [0.2, 0.25) is 10.0 Å². The molecule has 1 unspecified atom stereocenters. The zero-order valence-corrected chi connectivity index (χ0v) is 11.5. The van der Waals surface area contributed by atoms with Crippen LogP contribution in [0, 0.1) is 0 Å². The number of nitrogens with one attached hydrogen (secondary N) is 1. The maximum atomic E-state index is 12.0. The summed E-state index contributed by atoms with van der Waals surface area (Å²) in [5, 5.41) is 11.2. The molecule has 0 radical (unpaired) electrons. The Bertz CT molecular complexity index is 540. The highest BCUT2D eigenvalue weighted by atomic mass is 32.2. The predicted molar refractivity (Wildman–Crippen MR) is 70.8 cm³/mol. The monoisotopic (exact) mass is 287 g/mol. The molecule has 0 aliphatic rings. The van der Waals surface area contributed by atoms with Gasteiger partial charge in [0, 0.05) is 12.5 Å². The summed E-state index contributed by atoms with van der Waals surface area (Å²) in [6.45, 7) is 1.62. The minimum Gasteiger partial charge on any atom is -0.497 e. The van der Waals surface area contributed by atoms with Crippen molar-refractivity contribution in [1.82, 2.24) is 4.72 Å². The summed E-state index contributed by atoms with van der Waals surface area (Å²) in [6.07, 6.45) is 0.117. The van der Waals surface area contributed by atoms with Crippen molar-refractivity contribution in [1.29, 1.82) is 0 Å². The van der Waals surface area contributed by atoms with Gasteiger partial charge in [0.1, 0.15) is 11.6 Å². The molecule has 0 bridgehead atoms. The molecule has 1 atom stereocenters. The highest BCUT2D eigenvalue weighted by Gasteiger charge is 2.18. The first-order chi connectivity index (χ1) is 8.89. The molecule has 7 nitrogen and oxygen atoms in total. The smallest absolute Gasteiger partial charge is 0.240 e. The van der Waals surface area contributed by atoms with Crippen LogP contribution in [-0.4, -0.2) is 32.6 Å². The number of benzene rings is 1. The van der Waals surface area contributed by atoms with E-state index in [1.165, 1.54) is 19.2 Å². The van der Waals surface area contributed by atoms with Gasteiger partial charge in [-0.05, 0) is 31.2 Å². The highest BCUT2D eigenvalue weighted by Crippen LogP contribution is 2.15. The summed E-state index contributed by atoms with van der Waals surface area (Å²) in [5.41, 5.74) is 5.32. The maximum Gasteiger partial charge on any atom is 0.240 e. The summed E-state index contributed by atoms with van der Waals surface area (Å²) in [5.74, 6) is 0.536. The molecule has 0 fully saturated rings. The molecule has 0 aliphatic carbocycles. The fourth-order valence-corrected chi connectivity index (χ4v) is 2.73. The second-order valence-electron chi connectivity index (χ2n) is 3.99. The number of nitrogens with zero attached hydrogens (tertiary/aromatic N) is 1. The number of nitrogens with two attached hydrogens (primary N) is 1. The van der Waals surface area contributed by atoms with Crippen molar-refractivity contribution in [3.05, 3.63) is 24.3 Å². The normalized spacial score (nSPS) is 14.1. The molecular weight excluding hydrogens is 270 g/mol. The number of sulfonamides is 1. The molecule has 0 aromatic heterocycles. The third-order valence-electron chi connectivity index (χ3n) is 2.37. The third-order valence-corrected chi connectivity index (χ3v) is 3.98. The molecule has 0 aliphatic heterocycles. The van der Waals surface area contributed by atoms with Crippen LogP contribution in [-0.2, 0) is 10.0 Å². The molecular formula is C11H17N3O4S. The third kappa shape index (κ3) is 4.42. The van der Waals surface area contributed by atoms with E-state index in [4.69, 9.17) is 15.7 Å². The average Bonchev–Trinajstić information content (AvgIpc) is 2.37. The maximum absolute atomic E-state index is 12.0. The van der Waals surface area contributed by atoms with Crippen LogP contribution in [0.25, 0.3) is 0 Å². The number of oxime groups is 1. The van der Waals surface area contributed by atoms with E-state index >= 15 is 0 Å². The lowest BCUT2D eigenvalue weighted by Gasteiger charge is -2.13. The highest BCUT2D eigenvalue weighted by molar-refractivity contribution is 7.89. The van der Waals surface area contributed by atoms with Gasteiger partial charge in [0.25, 0.3) is 0 Å². The van der Waals surface area contributed by atoms with Gasteiger partial charge in [-0.3, -0.25) is 0 Å². The Morgan fingerprint density at radius 2 is 2.05 bits per heavy atom. The van der Waals surface area contributed by atoms with E-state index in [0.717, 1.165) is 0 Å². The van der Waals surface area contributed by atoms with Crippen LogP contribution in [0.1, 0.15) is 13.3 Å².